The lowest BCUT2D eigenvalue weighted by molar-refractivity contribution is -0.146. The van der Waals surface area contributed by atoms with E-state index in [0.717, 1.165) is 6.42 Å². The first-order chi connectivity index (χ1) is 15.1. The molecule has 8 heteroatoms. The van der Waals surface area contributed by atoms with Gasteiger partial charge in [-0.05, 0) is 50.9 Å². The van der Waals surface area contributed by atoms with E-state index in [1.165, 1.54) is 9.80 Å². The van der Waals surface area contributed by atoms with Crippen molar-refractivity contribution in [3.05, 3.63) is 0 Å². The molecule has 3 heterocycles. The van der Waals surface area contributed by atoms with Gasteiger partial charge in [0.15, 0.2) is 0 Å². The second-order valence-electron chi connectivity index (χ2n) is 12.4. The lowest BCUT2D eigenvalue weighted by Crippen LogP contribution is -2.52. The molecule has 0 unspecified atom stereocenters. The van der Waals surface area contributed by atoms with Crippen molar-refractivity contribution in [2.45, 2.75) is 98.4 Å². The molecule has 4 amide bonds. The minimum atomic E-state index is -0.635. The Balaban J connectivity index is 1.52. The highest BCUT2D eigenvalue weighted by atomic mass is 16.6. The summed E-state index contributed by atoms with van der Waals surface area (Å²) in [4.78, 5) is 57.8. The van der Waals surface area contributed by atoms with Gasteiger partial charge >= 0.3 is 6.09 Å². The first-order valence-corrected chi connectivity index (χ1v) is 12.3. The number of likely N-dealkylation sites (tertiary alicyclic amines) is 3. The lowest BCUT2D eigenvalue weighted by atomic mass is 10.0. The van der Waals surface area contributed by atoms with Crippen molar-refractivity contribution < 1.29 is 23.9 Å². The normalized spacial score (nSPS) is 32.8. The minimum absolute atomic E-state index is 0.0973. The van der Waals surface area contributed by atoms with Crippen LogP contribution in [-0.4, -0.2) is 75.3 Å². The number of carbonyl (C=O) groups is 4. The lowest BCUT2D eigenvalue weighted by Gasteiger charge is -2.33. The van der Waals surface area contributed by atoms with Gasteiger partial charge in [-0.15, -0.1) is 0 Å². The monoisotopic (exact) mass is 461 g/mol. The summed E-state index contributed by atoms with van der Waals surface area (Å²) in [5.74, 6) is -1.04. The van der Waals surface area contributed by atoms with Crippen molar-refractivity contribution >= 4 is 23.8 Å². The molecule has 4 rings (SSSR count). The fourth-order valence-electron chi connectivity index (χ4n) is 6.45. The molecule has 0 radical (unpaired) electrons. The molecule has 4 aliphatic rings. The number of hydrogen-bond acceptors (Lipinski definition) is 5. The summed E-state index contributed by atoms with van der Waals surface area (Å²) in [6, 6.07) is -1.19. The van der Waals surface area contributed by atoms with Crippen molar-refractivity contribution in [3.63, 3.8) is 0 Å². The third-order valence-electron chi connectivity index (χ3n) is 8.84. The van der Waals surface area contributed by atoms with Gasteiger partial charge in [-0.25, -0.2) is 4.79 Å². The van der Waals surface area contributed by atoms with E-state index in [9.17, 15) is 19.2 Å². The second kappa shape index (κ2) is 7.44. The quantitative estimate of drug-likeness (QED) is 0.590. The Bertz CT molecular complexity index is 875. The second-order valence-corrected chi connectivity index (χ2v) is 12.4. The first kappa shape index (κ1) is 24.0. The molecule has 0 aromatic rings. The van der Waals surface area contributed by atoms with Crippen molar-refractivity contribution in [2.24, 2.45) is 22.7 Å². The number of amides is 4. The third kappa shape index (κ3) is 3.55. The van der Waals surface area contributed by atoms with Crippen LogP contribution in [0, 0.1) is 22.7 Å². The van der Waals surface area contributed by atoms with E-state index < -0.39 is 23.7 Å². The molecule has 3 aliphatic heterocycles. The topological polar surface area (TPSA) is 87.2 Å². The molecule has 4 fully saturated rings. The molecule has 184 valence electrons. The van der Waals surface area contributed by atoms with Crippen LogP contribution < -0.4 is 0 Å². The van der Waals surface area contributed by atoms with E-state index in [0.29, 0.717) is 25.9 Å². The van der Waals surface area contributed by atoms with Crippen LogP contribution in [0.3, 0.4) is 0 Å². The molecule has 0 spiro atoms. The average molecular weight is 462 g/mol. The number of ether oxygens (including phenoxy) is 1. The number of carbonyl (C=O) groups excluding carboxylic acids is 4. The molecule has 0 bridgehead atoms. The number of hydrogen-bond donors (Lipinski definition) is 0. The highest BCUT2D eigenvalue weighted by Crippen LogP contribution is 2.69. The number of fused-ring (bicyclic) bond motifs is 1. The molecule has 1 saturated carbocycles. The van der Waals surface area contributed by atoms with Gasteiger partial charge in [0.1, 0.15) is 11.6 Å². The molecular weight excluding hydrogens is 422 g/mol. The zero-order valence-electron chi connectivity index (χ0n) is 21.3. The Hall–Kier alpha value is -2.12. The van der Waals surface area contributed by atoms with E-state index in [-0.39, 0.29) is 46.6 Å². The molecule has 3 saturated heterocycles. The van der Waals surface area contributed by atoms with Gasteiger partial charge in [-0.1, -0.05) is 34.6 Å². The largest absolute Gasteiger partial charge is 0.444 e. The fraction of sp³-hybridized carbons (Fsp3) is 0.840. The molecule has 0 N–H and O–H groups in total. The van der Waals surface area contributed by atoms with Crippen LogP contribution in [0.5, 0.6) is 0 Å². The van der Waals surface area contributed by atoms with E-state index >= 15 is 0 Å². The minimum Gasteiger partial charge on any atom is -0.444 e. The van der Waals surface area contributed by atoms with Gasteiger partial charge in [0.05, 0.1) is 18.0 Å². The van der Waals surface area contributed by atoms with E-state index in [4.69, 9.17) is 4.74 Å². The average Bonchev–Trinajstić information content (AvgIpc) is 3.21. The van der Waals surface area contributed by atoms with Crippen molar-refractivity contribution in [1.82, 2.24) is 14.7 Å². The standard InChI is InChI=1S/C25H39N3O5/c1-14-17-15(28(19(14)29)21(31)18-24(5,6)25(18,7)8)11-13-27(17)20(30)16-10-9-12-26(16)22(32)33-23(2,3)4/h14-18H,9-13H2,1-8H3/t14-,15-,16-,17+/m0/s1. The van der Waals surface area contributed by atoms with Gasteiger partial charge in [0.25, 0.3) is 0 Å². The van der Waals surface area contributed by atoms with Crippen LogP contribution in [0.1, 0.15) is 74.7 Å². The summed E-state index contributed by atoms with van der Waals surface area (Å²) in [5, 5.41) is 0. The Morgan fingerprint density at radius 3 is 2.09 bits per heavy atom. The highest BCUT2D eigenvalue weighted by Gasteiger charge is 2.71. The van der Waals surface area contributed by atoms with Crippen LogP contribution in [0.2, 0.25) is 0 Å². The van der Waals surface area contributed by atoms with Crippen molar-refractivity contribution in [3.8, 4) is 0 Å². The Morgan fingerprint density at radius 2 is 1.55 bits per heavy atom. The number of imide groups is 1. The Labute approximate surface area is 197 Å². The van der Waals surface area contributed by atoms with E-state index in [1.807, 2.05) is 27.7 Å². The third-order valence-corrected chi connectivity index (χ3v) is 8.84. The van der Waals surface area contributed by atoms with Crippen molar-refractivity contribution in [1.29, 1.82) is 0 Å². The van der Waals surface area contributed by atoms with Gasteiger partial charge in [-0.3, -0.25) is 24.2 Å². The van der Waals surface area contributed by atoms with Gasteiger partial charge < -0.3 is 9.64 Å². The zero-order chi connectivity index (χ0) is 24.7. The fourth-order valence-corrected chi connectivity index (χ4v) is 6.45. The SMILES string of the molecule is C[C@@H]1C(=O)N(C(=O)C2C(C)(C)C2(C)C)[C@H]2CCN(C(=O)[C@@H]3CCCN3C(=O)OC(C)(C)C)[C@H]12. The number of rotatable bonds is 2. The maximum absolute atomic E-state index is 13.6. The van der Waals surface area contributed by atoms with Gasteiger partial charge in [0, 0.05) is 19.0 Å². The van der Waals surface area contributed by atoms with Crippen LogP contribution >= 0.6 is 0 Å². The molecule has 1 aliphatic carbocycles. The molecular formula is C25H39N3O5. The molecule has 8 nitrogen and oxygen atoms in total. The van der Waals surface area contributed by atoms with Crippen LogP contribution in [0.4, 0.5) is 4.79 Å². The van der Waals surface area contributed by atoms with Crippen molar-refractivity contribution in [2.75, 3.05) is 13.1 Å². The zero-order valence-corrected chi connectivity index (χ0v) is 21.3. The summed E-state index contributed by atoms with van der Waals surface area (Å²) in [6.45, 7) is 16.5. The van der Waals surface area contributed by atoms with Gasteiger partial charge in [-0.2, -0.15) is 0 Å². The summed E-state index contributed by atoms with van der Waals surface area (Å²) in [7, 11) is 0. The summed E-state index contributed by atoms with van der Waals surface area (Å²) < 4.78 is 5.52. The van der Waals surface area contributed by atoms with Crippen LogP contribution in [0.15, 0.2) is 0 Å². The summed E-state index contributed by atoms with van der Waals surface area (Å²) >= 11 is 0. The Kier molecular flexibility index (Phi) is 5.41. The predicted octanol–water partition coefficient (Wildman–Crippen LogP) is 3.04. The first-order valence-electron chi connectivity index (χ1n) is 12.3. The van der Waals surface area contributed by atoms with Gasteiger partial charge in [0.2, 0.25) is 17.7 Å². The molecule has 0 aromatic carbocycles. The maximum atomic E-state index is 13.6. The predicted molar refractivity (Wildman–Crippen MR) is 122 cm³/mol. The summed E-state index contributed by atoms with van der Waals surface area (Å²) in [6.07, 6.45) is 1.44. The smallest absolute Gasteiger partial charge is 0.410 e. The number of nitrogens with zero attached hydrogens (tertiary/aromatic N) is 3. The summed E-state index contributed by atoms with van der Waals surface area (Å²) in [5.41, 5.74) is -0.946. The van der Waals surface area contributed by atoms with Crippen LogP contribution in [-0.2, 0) is 19.1 Å². The van der Waals surface area contributed by atoms with Crippen LogP contribution in [0.25, 0.3) is 0 Å². The maximum Gasteiger partial charge on any atom is 0.410 e. The van der Waals surface area contributed by atoms with E-state index in [2.05, 4.69) is 27.7 Å². The van der Waals surface area contributed by atoms with E-state index in [1.54, 1.807) is 4.90 Å². The molecule has 0 aromatic heterocycles. The molecule has 4 atom stereocenters. The Morgan fingerprint density at radius 1 is 0.939 bits per heavy atom. The highest BCUT2D eigenvalue weighted by molar-refractivity contribution is 6.02. The molecule has 33 heavy (non-hydrogen) atoms.